The molecule has 21 heavy (non-hydrogen) atoms. The van der Waals surface area contributed by atoms with Crippen LogP contribution in [0.5, 0.6) is 5.75 Å². The van der Waals surface area contributed by atoms with Gasteiger partial charge in [-0.1, -0.05) is 6.07 Å². The first-order valence-electron chi connectivity index (χ1n) is 6.31. The van der Waals surface area contributed by atoms with Gasteiger partial charge in [0.15, 0.2) is 0 Å². The Morgan fingerprint density at radius 2 is 1.95 bits per heavy atom. The van der Waals surface area contributed by atoms with Crippen molar-refractivity contribution in [3.05, 3.63) is 59.9 Å². The maximum Gasteiger partial charge on any atom is 0.321 e. The second kappa shape index (κ2) is 7.04. The quantitative estimate of drug-likeness (QED) is 0.896. The van der Waals surface area contributed by atoms with Gasteiger partial charge in [-0.15, -0.1) is 0 Å². The van der Waals surface area contributed by atoms with Crippen LogP contribution in [0.3, 0.4) is 0 Å². The van der Waals surface area contributed by atoms with Crippen molar-refractivity contribution in [2.75, 3.05) is 7.11 Å². The van der Waals surface area contributed by atoms with Crippen LogP contribution in [0.15, 0.2) is 48.8 Å². The maximum atomic E-state index is 11.8. The second-order valence-electron chi connectivity index (χ2n) is 4.23. The monoisotopic (exact) mass is 285 g/mol. The summed E-state index contributed by atoms with van der Waals surface area (Å²) in [5.74, 6) is 0.175. The van der Waals surface area contributed by atoms with Gasteiger partial charge in [-0.3, -0.25) is 15.1 Å². The number of hydrogen-bond donors (Lipinski definition) is 2. The first-order chi connectivity index (χ1) is 10.2. The number of imide groups is 1. The highest BCUT2D eigenvalue weighted by molar-refractivity contribution is 6.04. The highest BCUT2D eigenvalue weighted by Gasteiger charge is 2.09. The molecule has 6 heteroatoms. The van der Waals surface area contributed by atoms with E-state index in [1.165, 1.54) is 0 Å². The van der Waals surface area contributed by atoms with Gasteiger partial charge in [0.05, 0.1) is 7.11 Å². The predicted molar refractivity (Wildman–Crippen MR) is 76.9 cm³/mol. The molecule has 0 unspecified atom stereocenters. The molecule has 0 bridgehead atoms. The number of carbonyl (C=O) groups excluding carboxylic acids is 2. The molecule has 0 spiro atoms. The molecule has 0 saturated carbocycles. The fourth-order valence-electron chi connectivity index (χ4n) is 1.65. The maximum absolute atomic E-state index is 11.8. The molecule has 2 N–H and O–H groups in total. The lowest BCUT2D eigenvalue weighted by Crippen LogP contribution is -2.39. The minimum Gasteiger partial charge on any atom is -0.497 e. The molecule has 0 aliphatic heterocycles. The zero-order chi connectivity index (χ0) is 15.1. The van der Waals surface area contributed by atoms with E-state index in [2.05, 4.69) is 15.6 Å². The third-order valence-corrected chi connectivity index (χ3v) is 2.76. The Kier molecular flexibility index (Phi) is 4.87. The van der Waals surface area contributed by atoms with Crippen LogP contribution in [0.25, 0.3) is 0 Å². The Morgan fingerprint density at radius 1 is 1.19 bits per heavy atom. The first kappa shape index (κ1) is 14.5. The van der Waals surface area contributed by atoms with E-state index in [-0.39, 0.29) is 0 Å². The third kappa shape index (κ3) is 4.31. The van der Waals surface area contributed by atoms with E-state index in [1.807, 2.05) is 6.07 Å². The molecule has 2 rings (SSSR count). The summed E-state index contributed by atoms with van der Waals surface area (Å²) in [4.78, 5) is 27.4. The fourth-order valence-corrected chi connectivity index (χ4v) is 1.65. The molecule has 0 aliphatic rings. The molecule has 0 aliphatic carbocycles. The van der Waals surface area contributed by atoms with Gasteiger partial charge < -0.3 is 10.1 Å². The minimum atomic E-state index is -0.556. The van der Waals surface area contributed by atoms with Crippen molar-refractivity contribution in [2.24, 2.45) is 0 Å². The molecular formula is C15H15N3O3. The molecule has 0 fully saturated rings. The Bertz CT molecular complexity index is 612. The van der Waals surface area contributed by atoms with Crippen molar-refractivity contribution in [2.45, 2.75) is 6.54 Å². The number of nitrogens with one attached hydrogen (secondary N) is 2. The molecule has 1 aromatic heterocycles. The van der Waals surface area contributed by atoms with E-state index in [1.54, 1.807) is 49.8 Å². The van der Waals surface area contributed by atoms with E-state index < -0.39 is 11.9 Å². The van der Waals surface area contributed by atoms with Crippen molar-refractivity contribution >= 4 is 11.9 Å². The van der Waals surface area contributed by atoms with Gasteiger partial charge in [-0.05, 0) is 35.9 Å². The number of nitrogens with zero attached hydrogens (tertiary/aromatic N) is 1. The molecule has 1 aromatic carbocycles. The van der Waals surface area contributed by atoms with Crippen LogP contribution in [-0.2, 0) is 6.54 Å². The van der Waals surface area contributed by atoms with Crippen LogP contribution in [0.1, 0.15) is 15.9 Å². The summed E-state index contributed by atoms with van der Waals surface area (Å²) in [5, 5.41) is 4.84. The molecule has 2 aromatic rings. The van der Waals surface area contributed by atoms with E-state index in [4.69, 9.17) is 4.74 Å². The summed E-state index contributed by atoms with van der Waals surface area (Å²) >= 11 is 0. The van der Waals surface area contributed by atoms with Crippen LogP contribution in [0.4, 0.5) is 4.79 Å². The number of carbonyl (C=O) groups is 2. The average molecular weight is 285 g/mol. The molecule has 0 saturated heterocycles. The summed E-state index contributed by atoms with van der Waals surface area (Å²) in [6, 6.07) is 9.53. The Labute approximate surface area is 122 Å². The Morgan fingerprint density at radius 3 is 2.57 bits per heavy atom. The summed E-state index contributed by atoms with van der Waals surface area (Å²) in [6.07, 6.45) is 3.29. The molecule has 1 heterocycles. The SMILES string of the molecule is COc1ccc(C(=O)NC(=O)NCc2cccnc2)cc1. The van der Waals surface area contributed by atoms with Gasteiger partial charge in [-0.2, -0.15) is 0 Å². The normalized spacial score (nSPS) is 9.76. The number of aromatic nitrogens is 1. The topological polar surface area (TPSA) is 80.3 Å². The zero-order valence-electron chi connectivity index (χ0n) is 11.5. The van der Waals surface area contributed by atoms with Gasteiger partial charge in [0.1, 0.15) is 5.75 Å². The van der Waals surface area contributed by atoms with Crippen molar-refractivity contribution < 1.29 is 14.3 Å². The van der Waals surface area contributed by atoms with Crippen molar-refractivity contribution in [3.8, 4) is 5.75 Å². The van der Waals surface area contributed by atoms with Gasteiger partial charge >= 0.3 is 6.03 Å². The van der Waals surface area contributed by atoms with Crippen LogP contribution in [-0.4, -0.2) is 24.0 Å². The number of benzene rings is 1. The number of rotatable bonds is 4. The van der Waals surface area contributed by atoms with E-state index in [9.17, 15) is 9.59 Å². The zero-order valence-corrected chi connectivity index (χ0v) is 11.5. The molecule has 108 valence electrons. The van der Waals surface area contributed by atoms with Gasteiger partial charge in [0, 0.05) is 24.5 Å². The van der Waals surface area contributed by atoms with Crippen molar-refractivity contribution in [3.63, 3.8) is 0 Å². The van der Waals surface area contributed by atoms with Crippen molar-refractivity contribution in [1.82, 2.24) is 15.6 Å². The van der Waals surface area contributed by atoms with Crippen molar-refractivity contribution in [1.29, 1.82) is 0 Å². The molecule has 0 atom stereocenters. The predicted octanol–water partition coefficient (Wildman–Crippen LogP) is 1.73. The summed E-state index contributed by atoms with van der Waals surface area (Å²) in [7, 11) is 1.54. The van der Waals surface area contributed by atoms with Gasteiger partial charge in [-0.25, -0.2) is 4.79 Å². The molecular weight excluding hydrogens is 270 g/mol. The smallest absolute Gasteiger partial charge is 0.321 e. The lowest BCUT2D eigenvalue weighted by Gasteiger charge is -2.07. The Balaban J connectivity index is 1.85. The van der Waals surface area contributed by atoms with Crippen LogP contribution < -0.4 is 15.4 Å². The fraction of sp³-hybridized carbons (Fsp3) is 0.133. The number of ether oxygens (including phenoxy) is 1. The number of amides is 3. The first-order valence-corrected chi connectivity index (χ1v) is 6.31. The number of pyridine rings is 1. The van der Waals surface area contributed by atoms with Crippen LogP contribution in [0.2, 0.25) is 0 Å². The highest BCUT2D eigenvalue weighted by atomic mass is 16.5. The van der Waals surface area contributed by atoms with E-state index >= 15 is 0 Å². The Hall–Kier alpha value is -2.89. The summed E-state index contributed by atoms with van der Waals surface area (Å²) in [5.41, 5.74) is 1.23. The van der Waals surface area contributed by atoms with Gasteiger partial charge in [0.25, 0.3) is 5.91 Å². The minimum absolute atomic E-state index is 0.301. The third-order valence-electron chi connectivity index (χ3n) is 2.76. The highest BCUT2D eigenvalue weighted by Crippen LogP contribution is 2.10. The summed E-state index contributed by atoms with van der Waals surface area (Å²) in [6.45, 7) is 0.301. The average Bonchev–Trinajstić information content (AvgIpc) is 2.54. The van der Waals surface area contributed by atoms with Crippen LogP contribution in [0, 0.1) is 0 Å². The van der Waals surface area contributed by atoms with E-state index in [0.717, 1.165) is 5.56 Å². The van der Waals surface area contributed by atoms with Crippen LogP contribution >= 0.6 is 0 Å². The van der Waals surface area contributed by atoms with E-state index in [0.29, 0.717) is 17.9 Å². The lowest BCUT2D eigenvalue weighted by molar-refractivity contribution is 0.0964. The number of urea groups is 1. The molecule has 0 radical (unpaired) electrons. The largest absolute Gasteiger partial charge is 0.497 e. The second-order valence-corrected chi connectivity index (χ2v) is 4.23. The lowest BCUT2D eigenvalue weighted by atomic mass is 10.2. The number of methoxy groups -OCH3 is 1. The molecule has 6 nitrogen and oxygen atoms in total. The van der Waals surface area contributed by atoms with Gasteiger partial charge in [0.2, 0.25) is 0 Å². The molecule has 3 amide bonds. The standard InChI is InChI=1S/C15H15N3O3/c1-21-13-6-4-12(5-7-13)14(19)18-15(20)17-10-11-3-2-8-16-9-11/h2-9H,10H2,1H3,(H2,17,18,19,20). The summed E-state index contributed by atoms with van der Waals surface area (Å²) < 4.78 is 5.00. The number of hydrogen-bond acceptors (Lipinski definition) is 4.